The third-order valence-electron chi connectivity index (χ3n) is 5.61. The maximum absolute atomic E-state index is 13.9. The van der Waals surface area contributed by atoms with Gasteiger partial charge in [0.25, 0.3) is 0 Å². The van der Waals surface area contributed by atoms with Gasteiger partial charge in [0.15, 0.2) is 5.82 Å². The van der Waals surface area contributed by atoms with E-state index in [2.05, 4.69) is 26.6 Å². The van der Waals surface area contributed by atoms with Crippen LogP contribution in [-0.4, -0.2) is 46.8 Å². The number of likely N-dealkylation sites (tertiary alicyclic amines) is 1. The van der Waals surface area contributed by atoms with E-state index in [0.717, 1.165) is 56.1 Å². The van der Waals surface area contributed by atoms with E-state index in [1.807, 2.05) is 0 Å². The highest BCUT2D eigenvalue weighted by Gasteiger charge is 2.23. The molecule has 0 unspecified atom stereocenters. The Balaban J connectivity index is 1.58. The third kappa shape index (κ3) is 6.01. The predicted molar refractivity (Wildman–Crippen MR) is 136 cm³/mol. The number of rotatable bonds is 7. The van der Waals surface area contributed by atoms with Crippen LogP contribution in [0.15, 0.2) is 41.3 Å². The lowest BCUT2D eigenvalue weighted by Crippen LogP contribution is -2.36. The molecule has 1 aromatic heterocycles. The van der Waals surface area contributed by atoms with Crippen LogP contribution in [-0.2, 0) is 0 Å². The highest BCUT2D eigenvalue weighted by Crippen LogP contribution is 2.34. The van der Waals surface area contributed by atoms with E-state index in [0.29, 0.717) is 27.7 Å². The van der Waals surface area contributed by atoms with Gasteiger partial charge in [-0.05, 0) is 75.2 Å². The number of nitrogens with zero attached hydrogens (tertiary/aromatic N) is 3. The van der Waals surface area contributed by atoms with Crippen LogP contribution in [0.5, 0.6) is 5.88 Å². The Morgan fingerprint density at radius 1 is 1.20 bits per heavy atom. The molecule has 2 heterocycles. The fourth-order valence-electron chi connectivity index (χ4n) is 3.69. The maximum atomic E-state index is 13.9. The largest absolute Gasteiger partial charge is 0.474 e. The molecule has 0 atom stereocenters. The molecule has 7 nitrogen and oxygen atoms in total. The molecule has 2 aromatic carbocycles. The monoisotopic (exact) mass is 518 g/mol. The Labute approximate surface area is 211 Å². The first kappa shape index (κ1) is 25.2. The number of anilines is 2. The van der Waals surface area contributed by atoms with Gasteiger partial charge in [-0.25, -0.2) is 13.8 Å². The summed E-state index contributed by atoms with van der Waals surface area (Å²) in [5.41, 5.74) is 7.90. The van der Waals surface area contributed by atoms with Crippen LogP contribution in [0.2, 0.25) is 5.02 Å². The van der Waals surface area contributed by atoms with Gasteiger partial charge in [-0.15, -0.1) is 0 Å². The highest BCUT2D eigenvalue weighted by atomic mass is 35.5. The lowest BCUT2D eigenvalue weighted by Gasteiger charge is -2.29. The summed E-state index contributed by atoms with van der Waals surface area (Å²) in [7, 11) is 2.07. The summed E-state index contributed by atoms with van der Waals surface area (Å²) in [6, 6.07) is 8.30. The zero-order valence-corrected chi connectivity index (χ0v) is 20.8. The van der Waals surface area contributed by atoms with Crippen LogP contribution in [0.4, 0.5) is 20.3 Å². The molecule has 0 bridgehead atoms. The number of benzene rings is 2. The predicted octanol–water partition coefficient (Wildman–Crippen LogP) is 5.64. The number of hydrogen-bond acceptors (Lipinski definition) is 8. The van der Waals surface area contributed by atoms with Crippen molar-refractivity contribution in [2.75, 3.05) is 30.6 Å². The smallest absolute Gasteiger partial charge is 0.228 e. The number of halogens is 3. The fourth-order valence-corrected chi connectivity index (χ4v) is 4.71. The van der Waals surface area contributed by atoms with Crippen LogP contribution in [0.3, 0.4) is 0 Å². The zero-order valence-electron chi connectivity index (χ0n) is 19.2. The molecule has 11 heteroatoms. The number of nitrogens with one attached hydrogen (secondary N) is 2. The number of piperidine rings is 1. The second kappa shape index (κ2) is 10.8. The summed E-state index contributed by atoms with van der Waals surface area (Å²) >= 11 is 7.36. The van der Waals surface area contributed by atoms with Gasteiger partial charge in [-0.3, -0.25) is 0 Å². The molecule has 0 radical (unpaired) electrons. The minimum Gasteiger partial charge on any atom is -0.474 e. The average Bonchev–Trinajstić information content (AvgIpc) is 2.81. The minimum atomic E-state index is -0.542. The number of nitrogen functional groups attached to an aromatic ring is 1. The molecule has 1 fully saturated rings. The van der Waals surface area contributed by atoms with E-state index in [4.69, 9.17) is 27.5 Å². The van der Waals surface area contributed by atoms with E-state index < -0.39 is 11.6 Å². The highest BCUT2D eigenvalue weighted by molar-refractivity contribution is 8.00. The molecule has 35 heavy (non-hydrogen) atoms. The Hall–Kier alpha value is -2.95. The Kier molecular flexibility index (Phi) is 7.73. The third-order valence-corrected chi connectivity index (χ3v) is 6.78. The summed E-state index contributed by atoms with van der Waals surface area (Å²) in [4.78, 5) is 11.3. The summed E-state index contributed by atoms with van der Waals surface area (Å²) < 4.78 is 36.4. The van der Waals surface area contributed by atoms with Crippen LogP contribution in [0.25, 0.3) is 11.4 Å². The number of aromatic nitrogens is 2. The van der Waals surface area contributed by atoms with Gasteiger partial charge in [0.2, 0.25) is 5.88 Å². The molecule has 1 aliphatic heterocycles. The Morgan fingerprint density at radius 2 is 1.94 bits per heavy atom. The van der Waals surface area contributed by atoms with Crippen molar-refractivity contribution in [3.8, 4) is 17.3 Å². The lowest BCUT2D eigenvalue weighted by atomic mass is 10.1. The molecule has 0 aliphatic carbocycles. The minimum absolute atomic E-state index is 0.0261. The molecular formula is C24H25ClF2N6OS. The number of ether oxygens (including phenoxy) is 1. The van der Waals surface area contributed by atoms with Gasteiger partial charge in [-0.1, -0.05) is 11.6 Å². The quantitative estimate of drug-likeness (QED) is 0.275. The van der Waals surface area contributed by atoms with Crippen molar-refractivity contribution < 1.29 is 13.5 Å². The van der Waals surface area contributed by atoms with Crippen LogP contribution in [0, 0.1) is 17.0 Å². The van der Waals surface area contributed by atoms with Gasteiger partial charge in [0.05, 0.1) is 21.2 Å². The average molecular weight is 519 g/mol. The van der Waals surface area contributed by atoms with E-state index in [1.165, 1.54) is 0 Å². The second-order valence-electron chi connectivity index (χ2n) is 8.33. The standard InChI is InChI=1S/C24H25ClF2N6OS/c1-13(28)21-22(29)30-23(31-24(21)34-16-7-9-33(2)10-8-16)14-3-6-19(17(25)11-14)32-35-20-12-15(26)4-5-18(20)27/h3-6,11-12,16,28,32H,7-10H2,1-2H3,(H2,29,30,31). The zero-order chi connectivity index (χ0) is 25.1. The van der Waals surface area contributed by atoms with Crippen molar-refractivity contribution in [1.29, 1.82) is 5.41 Å². The SMILES string of the molecule is CC(=N)c1c(N)nc(-c2ccc(NSc3cc(F)ccc3F)c(Cl)c2)nc1OC1CCN(C)CC1. The first-order valence-electron chi connectivity index (χ1n) is 11.0. The molecule has 4 N–H and O–H groups in total. The van der Waals surface area contributed by atoms with Crippen molar-refractivity contribution >= 4 is 40.8 Å². The molecule has 0 spiro atoms. The van der Waals surface area contributed by atoms with Crippen molar-refractivity contribution in [3.63, 3.8) is 0 Å². The van der Waals surface area contributed by atoms with Crippen molar-refractivity contribution in [1.82, 2.24) is 14.9 Å². The summed E-state index contributed by atoms with van der Waals surface area (Å²) in [6.07, 6.45) is 1.67. The fraction of sp³-hybridized carbons (Fsp3) is 0.292. The van der Waals surface area contributed by atoms with E-state index in [1.54, 1.807) is 25.1 Å². The molecule has 1 saturated heterocycles. The van der Waals surface area contributed by atoms with Gasteiger partial charge < -0.3 is 25.5 Å². The topological polar surface area (TPSA) is 100 Å². The van der Waals surface area contributed by atoms with Gasteiger partial charge in [-0.2, -0.15) is 4.98 Å². The van der Waals surface area contributed by atoms with E-state index in [-0.39, 0.29) is 28.4 Å². The van der Waals surface area contributed by atoms with Gasteiger partial charge in [0.1, 0.15) is 23.6 Å². The summed E-state index contributed by atoms with van der Waals surface area (Å²) in [5.74, 6) is -0.327. The number of nitrogens with two attached hydrogens (primary N) is 1. The van der Waals surface area contributed by atoms with E-state index in [9.17, 15) is 8.78 Å². The summed E-state index contributed by atoms with van der Waals surface area (Å²) in [5, 5.41) is 8.45. The van der Waals surface area contributed by atoms with Crippen LogP contribution in [0.1, 0.15) is 25.3 Å². The molecule has 4 rings (SSSR count). The Bertz CT molecular complexity index is 1250. The molecular weight excluding hydrogens is 494 g/mol. The molecule has 1 aliphatic rings. The van der Waals surface area contributed by atoms with E-state index >= 15 is 0 Å². The Morgan fingerprint density at radius 3 is 2.63 bits per heavy atom. The molecule has 3 aromatic rings. The van der Waals surface area contributed by atoms with Crippen LogP contribution < -0.4 is 15.2 Å². The molecule has 184 valence electrons. The lowest BCUT2D eigenvalue weighted by molar-refractivity contribution is 0.110. The second-order valence-corrected chi connectivity index (χ2v) is 9.59. The van der Waals surface area contributed by atoms with Gasteiger partial charge >= 0.3 is 0 Å². The number of hydrogen-bond donors (Lipinski definition) is 3. The normalized spacial score (nSPS) is 14.7. The first-order valence-corrected chi connectivity index (χ1v) is 12.2. The van der Waals surface area contributed by atoms with Crippen molar-refractivity contribution in [2.45, 2.75) is 30.8 Å². The molecule has 0 amide bonds. The first-order chi connectivity index (χ1) is 16.7. The summed E-state index contributed by atoms with van der Waals surface area (Å²) in [6.45, 7) is 3.45. The van der Waals surface area contributed by atoms with Gasteiger partial charge in [0, 0.05) is 24.4 Å². The maximum Gasteiger partial charge on any atom is 0.228 e. The van der Waals surface area contributed by atoms with Crippen LogP contribution >= 0.6 is 23.5 Å². The molecule has 0 saturated carbocycles. The van der Waals surface area contributed by atoms with Crippen molar-refractivity contribution in [3.05, 3.63) is 58.6 Å². The van der Waals surface area contributed by atoms with Crippen molar-refractivity contribution in [2.24, 2.45) is 0 Å².